The number of rotatable bonds is 5. The van der Waals surface area contributed by atoms with Crippen LogP contribution >= 0.6 is 11.3 Å². The number of hydrogen-bond donors (Lipinski definition) is 1. The Labute approximate surface area is 156 Å². The predicted octanol–water partition coefficient (Wildman–Crippen LogP) is 4.05. The van der Waals surface area contributed by atoms with Gasteiger partial charge in [0.05, 0.1) is 6.20 Å². The van der Waals surface area contributed by atoms with Gasteiger partial charge in [0.15, 0.2) is 0 Å². The van der Waals surface area contributed by atoms with Crippen molar-refractivity contribution in [2.75, 3.05) is 18.4 Å². The fourth-order valence-electron chi connectivity index (χ4n) is 3.10. The van der Waals surface area contributed by atoms with Crippen LogP contribution in [0.15, 0.2) is 55.0 Å². The minimum Gasteiger partial charge on any atom is -0.312 e. The number of benzene rings is 1. The van der Waals surface area contributed by atoms with Crippen LogP contribution in [0.25, 0.3) is 10.6 Å². The first kappa shape index (κ1) is 16.9. The molecule has 3 heterocycles. The standard InChI is InChI=1S/C20H20N4OS/c25-19(16-5-3-15(4-6-16)14-24-11-1-2-12-24)23-18-13-22-20(26-18)17-7-9-21-10-8-17/h3-10,13H,1-2,11-12,14H2,(H,23,25). The highest BCUT2D eigenvalue weighted by Crippen LogP contribution is 2.28. The first-order valence-corrected chi connectivity index (χ1v) is 9.58. The Hall–Kier alpha value is -2.57. The van der Waals surface area contributed by atoms with Gasteiger partial charge in [-0.2, -0.15) is 0 Å². The molecule has 1 N–H and O–H groups in total. The molecule has 5 nitrogen and oxygen atoms in total. The van der Waals surface area contributed by atoms with E-state index in [1.807, 2.05) is 36.4 Å². The van der Waals surface area contributed by atoms with Crippen LogP contribution < -0.4 is 5.32 Å². The molecule has 0 radical (unpaired) electrons. The molecule has 1 saturated heterocycles. The molecular formula is C20H20N4OS. The summed E-state index contributed by atoms with van der Waals surface area (Å²) in [7, 11) is 0. The lowest BCUT2D eigenvalue weighted by molar-refractivity contribution is 0.102. The monoisotopic (exact) mass is 364 g/mol. The Bertz CT molecular complexity index is 870. The Morgan fingerprint density at radius 1 is 1.08 bits per heavy atom. The third-order valence-corrected chi connectivity index (χ3v) is 5.45. The molecule has 1 aliphatic rings. The minimum atomic E-state index is -0.109. The van der Waals surface area contributed by atoms with Crippen LogP contribution in [0.3, 0.4) is 0 Å². The molecule has 3 aromatic rings. The summed E-state index contributed by atoms with van der Waals surface area (Å²) in [6, 6.07) is 11.7. The number of nitrogens with one attached hydrogen (secondary N) is 1. The summed E-state index contributed by atoms with van der Waals surface area (Å²) in [6.07, 6.45) is 7.74. The van der Waals surface area contributed by atoms with Crippen LogP contribution in [0.2, 0.25) is 0 Å². The van der Waals surface area contributed by atoms with Gasteiger partial charge in [0.1, 0.15) is 10.0 Å². The van der Waals surface area contributed by atoms with Crippen molar-refractivity contribution in [2.45, 2.75) is 19.4 Å². The Kier molecular flexibility index (Phi) is 5.04. The van der Waals surface area contributed by atoms with Crippen molar-refractivity contribution in [3.8, 4) is 10.6 Å². The summed E-state index contributed by atoms with van der Waals surface area (Å²) in [5.74, 6) is -0.109. The van der Waals surface area contributed by atoms with Crippen LogP contribution in [0.5, 0.6) is 0 Å². The van der Waals surface area contributed by atoms with Gasteiger partial charge >= 0.3 is 0 Å². The van der Waals surface area contributed by atoms with Crippen molar-refractivity contribution in [3.05, 3.63) is 66.1 Å². The summed E-state index contributed by atoms with van der Waals surface area (Å²) in [6.45, 7) is 3.31. The van der Waals surface area contributed by atoms with E-state index in [1.54, 1.807) is 18.6 Å². The lowest BCUT2D eigenvalue weighted by Crippen LogP contribution is -2.18. The van der Waals surface area contributed by atoms with E-state index in [0.717, 1.165) is 22.1 Å². The van der Waals surface area contributed by atoms with E-state index in [4.69, 9.17) is 0 Å². The largest absolute Gasteiger partial charge is 0.312 e. The number of carbonyl (C=O) groups excluding carboxylic acids is 1. The normalized spacial score (nSPS) is 14.5. The molecule has 0 bridgehead atoms. The van der Waals surface area contributed by atoms with E-state index in [1.165, 1.54) is 42.8 Å². The zero-order chi connectivity index (χ0) is 17.8. The van der Waals surface area contributed by atoms with Crippen molar-refractivity contribution in [3.63, 3.8) is 0 Å². The highest BCUT2D eigenvalue weighted by atomic mass is 32.1. The Balaban J connectivity index is 1.39. The SMILES string of the molecule is O=C(Nc1cnc(-c2ccncc2)s1)c1ccc(CN2CCCC2)cc1. The molecule has 4 rings (SSSR count). The number of thiazole rings is 1. The third kappa shape index (κ3) is 3.98. The summed E-state index contributed by atoms with van der Waals surface area (Å²) in [5, 5.41) is 4.54. The zero-order valence-corrected chi connectivity index (χ0v) is 15.2. The number of anilines is 1. The number of pyridine rings is 1. The van der Waals surface area contributed by atoms with Crippen molar-refractivity contribution >= 4 is 22.2 Å². The van der Waals surface area contributed by atoms with E-state index in [2.05, 4.69) is 20.2 Å². The highest BCUT2D eigenvalue weighted by Gasteiger charge is 2.13. The van der Waals surface area contributed by atoms with Gasteiger partial charge in [0.25, 0.3) is 5.91 Å². The molecule has 26 heavy (non-hydrogen) atoms. The van der Waals surface area contributed by atoms with Crippen molar-refractivity contribution in [2.24, 2.45) is 0 Å². The number of carbonyl (C=O) groups is 1. The second-order valence-electron chi connectivity index (χ2n) is 6.40. The molecule has 6 heteroatoms. The van der Waals surface area contributed by atoms with Gasteiger partial charge in [-0.3, -0.25) is 14.7 Å². The topological polar surface area (TPSA) is 58.1 Å². The molecule has 0 unspecified atom stereocenters. The van der Waals surface area contributed by atoms with Gasteiger partial charge < -0.3 is 5.32 Å². The first-order valence-electron chi connectivity index (χ1n) is 8.77. The smallest absolute Gasteiger partial charge is 0.256 e. The summed E-state index contributed by atoms with van der Waals surface area (Å²) in [4.78, 5) is 23.3. The summed E-state index contributed by atoms with van der Waals surface area (Å²) in [5.41, 5.74) is 2.91. The molecule has 1 amide bonds. The van der Waals surface area contributed by atoms with Gasteiger partial charge in [-0.15, -0.1) is 0 Å². The van der Waals surface area contributed by atoms with Gasteiger partial charge in [0.2, 0.25) is 0 Å². The quantitative estimate of drug-likeness (QED) is 0.742. The maximum absolute atomic E-state index is 12.5. The molecular weight excluding hydrogens is 344 g/mol. The van der Waals surface area contributed by atoms with Crippen LogP contribution in [-0.2, 0) is 6.54 Å². The van der Waals surface area contributed by atoms with Crippen molar-refractivity contribution in [1.82, 2.24) is 14.9 Å². The molecule has 0 saturated carbocycles. The maximum Gasteiger partial charge on any atom is 0.256 e. The molecule has 0 atom stereocenters. The Morgan fingerprint density at radius 3 is 2.54 bits per heavy atom. The maximum atomic E-state index is 12.5. The lowest BCUT2D eigenvalue weighted by atomic mass is 10.1. The first-order chi connectivity index (χ1) is 12.8. The van der Waals surface area contributed by atoms with Crippen molar-refractivity contribution < 1.29 is 4.79 Å². The predicted molar refractivity (Wildman–Crippen MR) is 104 cm³/mol. The number of nitrogens with zero attached hydrogens (tertiary/aromatic N) is 3. The highest BCUT2D eigenvalue weighted by molar-refractivity contribution is 7.19. The van der Waals surface area contributed by atoms with Crippen LogP contribution in [0.4, 0.5) is 5.00 Å². The molecule has 0 aliphatic carbocycles. The fraction of sp³-hybridized carbons (Fsp3) is 0.250. The van der Waals surface area contributed by atoms with E-state index < -0.39 is 0 Å². The van der Waals surface area contributed by atoms with Crippen LogP contribution in [0, 0.1) is 0 Å². The van der Waals surface area contributed by atoms with E-state index in [9.17, 15) is 4.79 Å². The lowest BCUT2D eigenvalue weighted by Gasteiger charge is -2.14. The van der Waals surface area contributed by atoms with Crippen LogP contribution in [-0.4, -0.2) is 33.9 Å². The fourth-order valence-corrected chi connectivity index (χ4v) is 3.92. The molecule has 2 aromatic heterocycles. The minimum absolute atomic E-state index is 0.109. The number of amides is 1. The van der Waals surface area contributed by atoms with Gasteiger partial charge in [0, 0.05) is 30.1 Å². The molecule has 1 aliphatic heterocycles. The second-order valence-corrected chi connectivity index (χ2v) is 7.43. The summed E-state index contributed by atoms with van der Waals surface area (Å²) >= 11 is 1.46. The van der Waals surface area contributed by atoms with Gasteiger partial charge in [-0.25, -0.2) is 4.98 Å². The molecule has 1 aromatic carbocycles. The van der Waals surface area contributed by atoms with Gasteiger partial charge in [-0.05, 0) is 55.8 Å². The van der Waals surface area contributed by atoms with E-state index >= 15 is 0 Å². The van der Waals surface area contributed by atoms with Crippen molar-refractivity contribution in [1.29, 1.82) is 0 Å². The third-order valence-electron chi connectivity index (χ3n) is 4.49. The van der Waals surface area contributed by atoms with E-state index in [-0.39, 0.29) is 5.91 Å². The average molecular weight is 364 g/mol. The number of likely N-dealkylation sites (tertiary alicyclic amines) is 1. The van der Waals surface area contributed by atoms with Crippen LogP contribution in [0.1, 0.15) is 28.8 Å². The average Bonchev–Trinajstić information content (AvgIpc) is 3.35. The molecule has 0 spiro atoms. The van der Waals surface area contributed by atoms with E-state index in [0.29, 0.717) is 5.56 Å². The zero-order valence-electron chi connectivity index (χ0n) is 14.4. The Morgan fingerprint density at radius 2 is 1.81 bits per heavy atom. The number of aromatic nitrogens is 2. The van der Waals surface area contributed by atoms with Gasteiger partial charge in [-0.1, -0.05) is 23.5 Å². The molecule has 1 fully saturated rings. The number of hydrogen-bond acceptors (Lipinski definition) is 5. The second kappa shape index (κ2) is 7.76. The molecule has 132 valence electrons. The summed E-state index contributed by atoms with van der Waals surface area (Å²) < 4.78 is 0.